The molecule has 0 fully saturated rings. The van der Waals surface area contributed by atoms with Gasteiger partial charge in [0.25, 0.3) is 9.05 Å². The second kappa shape index (κ2) is 7.22. The van der Waals surface area contributed by atoms with Gasteiger partial charge in [0, 0.05) is 36.2 Å². The van der Waals surface area contributed by atoms with E-state index in [-0.39, 0.29) is 9.79 Å². The van der Waals surface area contributed by atoms with Crippen LogP contribution in [0.4, 0.5) is 0 Å². The third kappa shape index (κ3) is 5.40. The molecule has 2 aromatic rings. The molecule has 22 heavy (non-hydrogen) atoms. The van der Waals surface area contributed by atoms with Crippen molar-refractivity contribution in [3.05, 3.63) is 24.8 Å². The molecular formula is C10H16ClN5O4S2. The highest BCUT2D eigenvalue weighted by Gasteiger charge is 2.11. The van der Waals surface area contributed by atoms with E-state index in [0.717, 1.165) is 0 Å². The molecule has 0 bridgehead atoms. The van der Waals surface area contributed by atoms with Crippen molar-refractivity contribution in [3.63, 3.8) is 0 Å². The van der Waals surface area contributed by atoms with Crippen LogP contribution in [-0.4, -0.2) is 36.4 Å². The van der Waals surface area contributed by atoms with E-state index in [4.69, 9.17) is 15.8 Å². The fourth-order valence-electron chi connectivity index (χ4n) is 1.31. The van der Waals surface area contributed by atoms with Crippen LogP contribution in [-0.2, 0) is 32.2 Å². The highest BCUT2D eigenvalue weighted by atomic mass is 35.7. The summed E-state index contributed by atoms with van der Waals surface area (Å²) >= 11 is 0. The Morgan fingerprint density at radius 2 is 1.41 bits per heavy atom. The molecule has 0 saturated heterocycles. The van der Waals surface area contributed by atoms with Crippen molar-refractivity contribution < 1.29 is 16.8 Å². The summed E-state index contributed by atoms with van der Waals surface area (Å²) in [4.78, 5) is 0.0976. The molecule has 2 N–H and O–H groups in total. The molecule has 2 rings (SSSR count). The molecule has 2 heterocycles. The van der Waals surface area contributed by atoms with E-state index in [9.17, 15) is 16.8 Å². The first-order chi connectivity index (χ1) is 10.1. The Kier molecular flexibility index (Phi) is 6.11. The van der Waals surface area contributed by atoms with Gasteiger partial charge in [0.15, 0.2) is 0 Å². The lowest BCUT2D eigenvalue weighted by Gasteiger charge is -1.90. The lowest BCUT2D eigenvalue weighted by Crippen LogP contribution is -2.11. The minimum Gasteiger partial charge on any atom is -0.272 e. The first-order valence-corrected chi connectivity index (χ1v) is 9.95. The summed E-state index contributed by atoms with van der Waals surface area (Å²) in [6, 6.07) is 0. The minimum atomic E-state index is -3.60. The number of nitrogens with zero attached hydrogens (tertiary/aromatic N) is 4. The zero-order chi connectivity index (χ0) is 17.0. The highest BCUT2D eigenvalue weighted by Crippen LogP contribution is 2.12. The van der Waals surface area contributed by atoms with Crippen LogP contribution in [0.2, 0.25) is 0 Å². The Bertz CT molecular complexity index is 755. The molecule has 0 atom stereocenters. The van der Waals surface area contributed by atoms with Crippen LogP contribution in [0.15, 0.2) is 34.6 Å². The van der Waals surface area contributed by atoms with Gasteiger partial charge in [0.2, 0.25) is 10.0 Å². The molecule has 0 amide bonds. The van der Waals surface area contributed by atoms with E-state index in [1.54, 1.807) is 0 Å². The summed E-state index contributed by atoms with van der Waals surface area (Å²) in [6.45, 7) is 4.99. The number of aromatic nitrogens is 4. The monoisotopic (exact) mass is 369 g/mol. The van der Waals surface area contributed by atoms with Gasteiger partial charge >= 0.3 is 0 Å². The molecule has 0 spiro atoms. The summed E-state index contributed by atoms with van der Waals surface area (Å²) in [5.41, 5.74) is 0. The molecular weight excluding hydrogens is 354 g/mol. The molecule has 0 saturated carbocycles. The van der Waals surface area contributed by atoms with Gasteiger partial charge in [-0.2, -0.15) is 10.2 Å². The molecule has 0 aromatic carbocycles. The lowest BCUT2D eigenvalue weighted by atomic mass is 10.7. The summed E-state index contributed by atoms with van der Waals surface area (Å²) in [7, 11) is -2.13. The fourth-order valence-corrected chi connectivity index (χ4v) is 2.43. The number of hydrogen-bond donors (Lipinski definition) is 1. The van der Waals surface area contributed by atoms with Gasteiger partial charge in [-0.3, -0.25) is 9.36 Å². The molecule has 0 unspecified atom stereocenters. The zero-order valence-electron chi connectivity index (χ0n) is 11.9. The van der Waals surface area contributed by atoms with E-state index < -0.39 is 19.1 Å². The maximum Gasteiger partial charge on any atom is 0.264 e. The molecule has 0 aliphatic heterocycles. The number of sulfonamides is 1. The van der Waals surface area contributed by atoms with E-state index in [0.29, 0.717) is 13.1 Å². The van der Waals surface area contributed by atoms with Gasteiger partial charge in [-0.25, -0.2) is 22.0 Å². The first kappa shape index (κ1) is 18.6. The van der Waals surface area contributed by atoms with Crippen molar-refractivity contribution in [2.75, 3.05) is 0 Å². The van der Waals surface area contributed by atoms with Crippen molar-refractivity contribution in [3.8, 4) is 0 Å². The summed E-state index contributed by atoms with van der Waals surface area (Å²) in [5, 5.41) is 12.4. The molecule has 12 heteroatoms. The summed E-state index contributed by atoms with van der Waals surface area (Å²) in [5.74, 6) is 0. The number of halogens is 1. The van der Waals surface area contributed by atoms with Gasteiger partial charge in [-0.1, -0.05) is 0 Å². The number of aryl methyl sites for hydroxylation is 2. The van der Waals surface area contributed by atoms with Gasteiger partial charge < -0.3 is 0 Å². The molecule has 0 aliphatic rings. The smallest absolute Gasteiger partial charge is 0.264 e. The SMILES string of the molecule is CCn1cc(S(=O)(=O)Cl)cn1.CCn1cc(S(N)(=O)=O)cn1. The Hall–Kier alpha value is -1.43. The van der Waals surface area contributed by atoms with Crippen molar-refractivity contribution in [2.45, 2.75) is 36.7 Å². The van der Waals surface area contributed by atoms with Crippen LogP contribution < -0.4 is 5.14 Å². The molecule has 0 aliphatic carbocycles. The van der Waals surface area contributed by atoms with E-state index >= 15 is 0 Å². The van der Waals surface area contributed by atoms with Crippen LogP contribution in [0.25, 0.3) is 0 Å². The van der Waals surface area contributed by atoms with Gasteiger partial charge in [0.05, 0.1) is 12.4 Å². The topological polar surface area (TPSA) is 130 Å². The fraction of sp³-hybridized carbons (Fsp3) is 0.400. The Morgan fingerprint density at radius 3 is 1.64 bits per heavy atom. The Morgan fingerprint density at radius 1 is 1.00 bits per heavy atom. The second-order valence-electron chi connectivity index (χ2n) is 4.05. The Labute approximate surface area is 133 Å². The molecule has 9 nitrogen and oxygen atoms in total. The maximum atomic E-state index is 10.7. The van der Waals surface area contributed by atoms with Crippen molar-refractivity contribution >= 4 is 29.8 Å². The third-order valence-electron chi connectivity index (χ3n) is 2.48. The Balaban J connectivity index is 0.000000220. The minimum absolute atomic E-state index is 0.0426. The maximum absolute atomic E-state index is 10.7. The number of nitrogens with two attached hydrogens (primary N) is 1. The van der Waals surface area contributed by atoms with Crippen molar-refractivity contribution in [1.82, 2.24) is 19.6 Å². The summed E-state index contributed by atoms with van der Waals surface area (Å²) in [6.07, 6.45) is 5.25. The van der Waals surface area contributed by atoms with Gasteiger partial charge in [-0.15, -0.1) is 0 Å². The average Bonchev–Trinajstić information content (AvgIpc) is 3.07. The van der Waals surface area contributed by atoms with Crippen LogP contribution >= 0.6 is 10.7 Å². The molecule has 2 aromatic heterocycles. The van der Waals surface area contributed by atoms with Crippen LogP contribution in [0.1, 0.15) is 13.8 Å². The average molecular weight is 370 g/mol. The van der Waals surface area contributed by atoms with E-state index in [1.165, 1.54) is 34.2 Å². The van der Waals surface area contributed by atoms with Crippen molar-refractivity contribution in [2.24, 2.45) is 5.14 Å². The predicted octanol–water partition coefficient (Wildman–Crippen LogP) is 0.381. The second-order valence-corrected chi connectivity index (χ2v) is 8.17. The van der Waals surface area contributed by atoms with Gasteiger partial charge in [-0.05, 0) is 13.8 Å². The van der Waals surface area contributed by atoms with Crippen LogP contribution in [0.3, 0.4) is 0 Å². The van der Waals surface area contributed by atoms with Gasteiger partial charge in [0.1, 0.15) is 9.79 Å². The number of primary sulfonamides is 1. The van der Waals surface area contributed by atoms with Crippen molar-refractivity contribution in [1.29, 1.82) is 0 Å². The van der Waals surface area contributed by atoms with Crippen LogP contribution in [0.5, 0.6) is 0 Å². The summed E-state index contributed by atoms with van der Waals surface area (Å²) < 4.78 is 45.7. The van der Waals surface area contributed by atoms with E-state index in [2.05, 4.69) is 10.2 Å². The lowest BCUT2D eigenvalue weighted by molar-refractivity contribution is 0.597. The predicted molar refractivity (Wildman–Crippen MR) is 80.2 cm³/mol. The largest absolute Gasteiger partial charge is 0.272 e. The highest BCUT2D eigenvalue weighted by molar-refractivity contribution is 8.13. The third-order valence-corrected chi connectivity index (χ3v) is 4.65. The zero-order valence-corrected chi connectivity index (χ0v) is 14.3. The number of hydrogen-bond acceptors (Lipinski definition) is 6. The standard InChI is InChI=1S/C5H7ClN2O2S.C5H9N3O2S/c2*1-2-8-4-5(3-7-8)11(6,9)10/h3-4H,2H2,1H3;3-4H,2H2,1H3,(H2,6,9,10). The van der Waals surface area contributed by atoms with E-state index in [1.807, 2.05) is 13.8 Å². The van der Waals surface area contributed by atoms with Crippen LogP contribution in [0, 0.1) is 0 Å². The molecule has 124 valence electrons. The number of rotatable bonds is 4. The quantitative estimate of drug-likeness (QED) is 0.775. The normalized spacial score (nSPS) is 11.8. The molecule has 0 radical (unpaired) electrons. The first-order valence-electron chi connectivity index (χ1n) is 6.10.